The van der Waals surface area contributed by atoms with Crippen LogP contribution in [0.3, 0.4) is 0 Å². The zero-order valence-electron chi connectivity index (χ0n) is 19.7. The van der Waals surface area contributed by atoms with Crippen LogP contribution in [0.5, 0.6) is 0 Å². The van der Waals surface area contributed by atoms with Crippen LogP contribution in [0.2, 0.25) is 0 Å². The molecule has 1 aromatic carbocycles. The summed E-state index contributed by atoms with van der Waals surface area (Å²) in [7, 11) is 0. The minimum atomic E-state index is 1.00. The monoisotopic (exact) mass is 430 g/mol. The second-order valence-electron chi connectivity index (χ2n) is 8.12. The summed E-state index contributed by atoms with van der Waals surface area (Å²) in [5, 5.41) is 0. The molecule has 2 aliphatic carbocycles. The molecule has 6 rings (SSSR count). The molecule has 2 saturated carbocycles. The summed E-state index contributed by atoms with van der Waals surface area (Å²) in [5.41, 5.74) is 0. The van der Waals surface area contributed by atoms with E-state index in [1.54, 1.807) is 12.5 Å². The molecule has 0 N–H and O–H groups in total. The topological polar surface area (TPSA) is 31.6 Å². The molecule has 0 radical (unpaired) electrons. The van der Waals surface area contributed by atoms with Crippen molar-refractivity contribution in [3.05, 3.63) is 61.1 Å². The molecule has 0 atom stereocenters. The standard InChI is InChI=1S/C6H12.C6H6.C5H10O.C4H8O.C4H4O.C3H6/c3*1-2-4-6-5-3-1;2*1-2-4-5-3-1;1-2-3-1/h1-6H2;1-6H;1-5H2;1-4H2;1-4H;1-3H2. The van der Waals surface area contributed by atoms with Crippen molar-refractivity contribution >= 4 is 0 Å². The fourth-order valence-electron chi connectivity index (χ4n) is 2.87. The van der Waals surface area contributed by atoms with E-state index >= 15 is 0 Å². The van der Waals surface area contributed by atoms with E-state index in [0.717, 1.165) is 26.4 Å². The molecule has 0 bridgehead atoms. The minimum absolute atomic E-state index is 1.00. The van der Waals surface area contributed by atoms with E-state index in [-0.39, 0.29) is 0 Å². The van der Waals surface area contributed by atoms with Gasteiger partial charge in [0, 0.05) is 26.4 Å². The molecule has 4 aliphatic rings. The largest absolute Gasteiger partial charge is 0.473 e. The van der Waals surface area contributed by atoms with Crippen LogP contribution in [0.4, 0.5) is 0 Å². The first-order valence-corrected chi connectivity index (χ1v) is 12.6. The SMILES string of the molecule is C1CC1.C1CCCCC1.C1CCOC1.C1CCOCC1.c1ccccc1.c1ccoc1. The van der Waals surface area contributed by atoms with Crippen molar-refractivity contribution in [3.8, 4) is 0 Å². The summed E-state index contributed by atoms with van der Waals surface area (Å²) in [5.74, 6) is 0. The third-order valence-corrected chi connectivity index (χ3v) is 4.85. The maximum absolute atomic E-state index is 5.07. The van der Waals surface area contributed by atoms with Crippen molar-refractivity contribution in [2.75, 3.05) is 26.4 Å². The fourth-order valence-corrected chi connectivity index (χ4v) is 2.87. The van der Waals surface area contributed by atoms with E-state index in [2.05, 4.69) is 4.42 Å². The maximum atomic E-state index is 5.07. The van der Waals surface area contributed by atoms with Crippen molar-refractivity contribution in [1.29, 1.82) is 0 Å². The van der Waals surface area contributed by atoms with E-state index in [0.29, 0.717) is 0 Å². The van der Waals surface area contributed by atoms with E-state index in [1.165, 1.54) is 89.9 Å². The van der Waals surface area contributed by atoms with Gasteiger partial charge in [-0.3, -0.25) is 0 Å². The lowest BCUT2D eigenvalue weighted by Crippen LogP contribution is -2.03. The molecular formula is C28H46O3. The van der Waals surface area contributed by atoms with Crippen LogP contribution >= 0.6 is 0 Å². The Kier molecular flexibility index (Phi) is 21.9. The number of hydrogen-bond acceptors (Lipinski definition) is 3. The van der Waals surface area contributed by atoms with Gasteiger partial charge in [-0.1, -0.05) is 94.2 Å². The maximum Gasteiger partial charge on any atom is 0.0902 e. The molecule has 0 amide bonds. The number of benzene rings is 1. The molecule has 31 heavy (non-hydrogen) atoms. The Morgan fingerprint density at radius 1 is 0.290 bits per heavy atom. The van der Waals surface area contributed by atoms with Crippen LogP contribution in [0.25, 0.3) is 0 Å². The molecule has 1 aromatic heterocycles. The van der Waals surface area contributed by atoms with Gasteiger partial charge < -0.3 is 13.9 Å². The van der Waals surface area contributed by atoms with Crippen LogP contribution < -0.4 is 0 Å². The first-order valence-electron chi connectivity index (χ1n) is 12.6. The van der Waals surface area contributed by atoms with Gasteiger partial charge in [0.2, 0.25) is 0 Å². The normalized spacial score (nSPS) is 18.3. The number of hydrogen-bond donors (Lipinski definition) is 0. The van der Waals surface area contributed by atoms with Crippen LogP contribution in [0, 0.1) is 0 Å². The van der Waals surface area contributed by atoms with Gasteiger partial charge in [0.25, 0.3) is 0 Å². The Balaban J connectivity index is 0.000000188. The number of rotatable bonds is 0. The highest BCUT2D eigenvalue weighted by atomic mass is 16.5. The summed E-state index contributed by atoms with van der Waals surface area (Å²) in [6, 6.07) is 15.7. The molecule has 0 spiro atoms. The Morgan fingerprint density at radius 2 is 0.548 bits per heavy atom. The zero-order chi connectivity index (χ0) is 21.9. The van der Waals surface area contributed by atoms with Crippen molar-refractivity contribution in [2.24, 2.45) is 0 Å². The van der Waals surface area contributed by atoms with Gasteiger partial charge in [0.05, 0.1) is 12.5 Å². The van der Waals surface area contributed by atoms with E-state index in [1.807, 2.05) is 48.5 Å². The summed E-state index contributed by atoms with van der Waals surface area (Å²) in [6.45, 7) is 4.00. The molecule has 176 valence electrons. The summed E-state index contributed by atoms with van der Waals surface area (Å²) in [6.07, 6.45) is 23.2. The van der Waals surface area contributed by atoms with Crippen molar-refractivity contribution in [2.45, 2.75) is 89.9 Å². The summed E-state index contributed by atoms with van der Waals surface area (Å²) in [4.78, 5) is 0. The Bertz CT molecular complexity index is 409. The second kappa shape index (κ2) is 24.7. The molecule has 2 aliphatic heterocycles. The third kappa shape index (κ3) is 26.4. The molecular weight excluding hydrogens is 384 g/mol. The lowest BCUT2D eigenvalue weighted by molar-refractivity contribution is 0.0968. The van der Waals surface area contributed by atoms with Gasteiger partial charge in [-0.05, 0) is 44.2 Å². The Labute approximate surface area is 191 Å². The van der Waals surface area contributed by atoms with Gasteiger partial charge in [-0.25, -0.2) is 0 Å². The van der Waals surface area contributed by atoms with Crippen LogP contribution in [-0.2, 0) is 9.47 Å². The Morgan fingerprint density at radius 3 is 0.710 bits per heavy atom. The van der Waals surface area contributed by atoms with E-state index in [4.69, 9.17) is 9.47 Å². The van der Waals surface area contributed by atoms with Crippen molar-refractivity contribution < 1.29 is 13.9 Å². The molecule has 4 fully saturated rings. The van der Waals surface area contributed by atoms with Gasteiger partial charge in [-0.2, -0.15) is 0 Å². The highest BCUT2D eigenvalue weighted by Gasteiger charge is 1.96. The predicted octanol–water partition coefficient (Wildman–Crippen LogP) is 8.46. The Hall–Kier alpha value is -1.58. The highest BCUT2D eigenvalue weighted by Crippen LogP contribution is 2.15. The second-order valence-corrected chi connectivity index (χ2v) is 8.12. The van der Waals surface area contributed by atoms with Crippen molar-refractivity contribution in [1.82, 2.24) is 0 Å². The highest BCUT2D eigenvalue weighted by molar-refractivity contribution is 4.99. The molecule has 0 unspecified atom stereocenters. The number of ether oxygens (including phenoxy) is 2. The van der Waals surface area contributed by atoms with Crippen LogP contribution in [0.15, 0.2) is 65.5 Å². The molecule has 3 heterocycles. The van der Waals surface area contributed by atoms with Crippen molar-refractivity contribution in [3.63, 3.8) is 0 Å². The molecule has 3 nitrogen and oxygen atoms in total. The number of furan rings is 1. The van der Waals surface area contributed by atoms with Crippen LogP contribution in [-0.4, -0.2) is 26.4 Å². The van der Waals surface area contributed by atoms with Crippen LogP contribution in [0.1, 0.15) is 89.9 Å². The summed E-state index contributed by atoms with van der Waals surface area (Å²) < 4.78 is 14.6. The lowest BCUT2D eigenvalue weighted by atomic mass is 10.0. The predicted molar refractivity (Wildman–Crippen MR) is 131 cm³/mol. The van der Waals surface area contributed by atoms with E-state index < -0.39 is 0 Å². The average molecular weight is 431 g/mol. The van der Waals surface area contributed by atoms with Gasteiger partial charge in [-0.15, -0.1) is 0 Å². The quantitative estimate of drug-likeness (QED) is 0.420. The molecule has 2 saturated heterocycles. The van der Waals surface area contributed by atoms with E-state index in [9.17, 15) is 0 Å². The fraction of sp³-hybridized carbons (Fsp3) is 0.643. The molecule has 2 aromatic rings. The molecule has 3 heteroatoms. The average Bonchev–Trinajstić information content (AvgIpc) is 3.38. The smallest absolute Gasteiger partial charge is 0.0902 e. The minimum Gasteiger partial charge on any atom is -0.473 e. The summed E-state index contributed by atoms with van der Waals surface area (Å²) >= 11 is 0. The van der Waals surface area contributed by atoms with Gasteiger partial charge in [0.1, 0.15) is 0 Å². The third-order valence-electron chi connectivity index (χ3n) is 4.85. The van der Waals surface area contributed by atoms with Gasteiger partial charge >= 0.3 is 0 Å². The first kappa shape index (κ1) is 27.5. The lowest BCUT2D eigenvalue weighted by Gasteiger charge is -2.08. The zero-order valence-corrected chi connectivity index (χ0v) is 19.7. The van der Waals surface area contributed by atoms with Gasteiger partial charge in [0.15, 0.2) is 0 Å². The first-order chi connectivity index (χ1) is 15.5.